The van der Waals surface area contributed by atoms with Gasteiger partial charge in [0, 0.05) is 19.2 Å². The molecule has 0 fully saturated rings. The highest BCUT2D eigenvalue weighted by Crippen LogP contribution is 2.30. The average molecular weight is 242 g/mol. The monoisotopic (exact) mass is 242 g/mol. The molecule has 0 unspecified atom stereocenters. The third-order valence-electron chi connectivity index (χ3n) is 2.53. The maximum absolute atomic E-state index is 11.2. The summed E-state index contributed by atoms with van der Waals surface area (Å²) in [5, 5.41) is 7.35. The molecule has 2 amide bonds. The Balaban J connectivity index is 2.63. The van der Waals surface area contributed by atoms with Gasteiger partial charge in [-0.2, -0.15) is 0 Å². The van der Waals surface area contributed by atoms with Crippen LogP contribution in [0.15, 0.2) is 36.4 Å². The van der Waals surface area contributed by atoms with Gasteiger partial charge in [-0.1, -0.05) is 24.3 Å². The number of anilines is 2. The zero-order valence-electron chi connectivity index (χ0n) is 10.3. The molecule has 0 heterocycles. The van der Waals surface area contributed by atoms with Gasteiger partial charge in [-0.3, -0.25) is 9.59 Å². The topological polar surface area (TPSA) is 58.2 Å². The molecule has 0 aliphatic rings. The van der Waals surface area contributed by atoms with Gasteiger partial charge in [0.1, 0.15) is 0 Å². The quantitative estimate of drug-likeness (QED) is 0.850. The zero-order chi connectivity index (χ0) is 13.1. The highest BCUT2D eigenvalue weighted by Gasteiger charge is 2.08. The first-order valence-electron chi connectivity index (χ1n) is 5.65. The molecule has 2 aromatic carbocycles. The SMILES string of the molecule is CC(=O)Nc1cccc2cccc(NC(C)=O)c12. The molecule has 0 aliphatic heterocycles. The predicted octanol–water partition coefficient (Wildman–Crippen LogP) is 2.76. The van der Waals surface area contributed by atoms with Crippen molar-refractivity contribution in [1.29, 1.82) is 0 Å². The number of nitrogens with one attached hydrogen (secondary N) is 2. The Morgan fingerprint density at radius 2 is 1.28 bits per heavy atom. The summed E-state index contributed by atoms with van der Waals surface area (Å²) < 4.78 is 0. The summed E-state index contributed by atoms with van der Waals surface area (Å²) in [4.78, 5) is 22.4. The lowest BCUT2D eigenvalue weighted by molar-refractivity contribution is -0.115. The lowest BCUT2D eigenvalue weighted by atomic mass is 10.1. The standard InChI is InChI=1S/C14H14N2O2/c1-9(17)15-12-7-3-5-11-6-4-8-13(14(11)12)16-10(2)18/h3-8H,1-2H3,(H,15,17)(H,16,18). The fraction of sp³-hybridized carbons (Fsp3) is 0.143. The molecular formula is C14H14N2O2. The summed E-state index contributed by atoms with van der Waals surface area (Å²) in [7, 11) is 0. The second kappa shape index (κ2) is 4.87. The van der Waals surface area contributed by atoms with Gasteiger partial charge in [0.2, 0.25) is 11.8 Å². The van der Waals surface area contributed by atoms with E-state index in [0.717, 1.165) is 10.8 Å². The summed E-state index contributed by atoms with van der Waals surface area (Å²) in [5.74, 6) is -0.278. The van der Waals surface area contributed by atoms with Crippen LogP contribution < -0.4 is 10.6 Å². The van der Waals surface area contributed by atoms with Crippen molar-refractivity contribution in [3.8, 4) is 0 Å². The first kappa shape index (κ1) is 12.1. The van der Waals surface area contributed by atoms with E-state index in [1.807, 2.05) is 36.4 Å². The molecule has 0 atom stereocenters. The molecule has 4 nitrogen and oxygen atoms in total. The third-order valence-corrected chi connectivity index (χ3v) is 2.53. The van der Waals surface area contributed by atoms with Gasteiger partial charge in [-0.25, -0.2) is 0 Å². The first-order chi connectivity index (χ1) is 8.58. The molecule has 0 saturated carbocycles. The normalized spacial score (nSPS) is 10.1. The van der Waals surface area contributed by atoms with Crippen LogP contribution >= 0.6 is 0 Å². The number of carbonyl (C=O) groups excluding carboxylic acids is 2. The Morgan fingerprint density at radius 3 is 1.67 bits per heavy atom. The van der Waals surface area contributed by atoms with Gasteiger partial charge in [0.05, 0.1) is 11.4 Å². The minimum Gasteiger partial charge on any atom is -0.326 e. The molecule has 0 aromatic heterocycles. The summed E-state index contributed by atoms with van der Waals surface area (Å²) in [6.45, 7) is 2.92. The van der Waals surface area contributed by atoms with E-state index >= 15 is 0 Å². The Hall–Kier alpha value is -2.36. The largest absolute Gasteiger partial charge is 0.326 e. The molecule has 4 heteroatoms. The molecule has 92 valence electrons. The maximum Gasteiger partial charge on any atom is 0.221 e. The molecule has 0 saturated heterocycles. The second-order valence-corrected chi connectivity index (χ2v) is 4.07. The molecular weight excluding hydrogens is 228 g/mol. The number of hydrogen-bond acceptors (Lipinski definition) is 2. The molecule has 0 bridgehead atoms. The van der Waals surface area contributed by atoms with E-state index in [9.17, 15) is 9.59 Å². The zero-order valence-corrected chi connectivity index (χ0v) is 10.3. The van der Waals surface area contributed by atoms with E-state index in [2.05, 4.69) is 10.6 Å². The van der Waals surface area contributed by atoms with Crippen LogP contribution in [0.3, 0.4) is 0 Å². The summed E-state index contributed by atoms with van der Waals surface area (Å²) >= 11 is 0. The fourth-order valence-corrected chi connectivity index (χ4v) is 1.93. The van der Waals surface area contributed by atoms with Gasteiger partial charge in [0.15, 0.2) is 0 Å². The molecule has 0 aliphatic carbocycles. The van der Waals surface area contributed by atoms with Gasteiger partial charge in [0.25, 0.3) is 0 Å². The van der Waals surface area contributed by atoms with E-state index in [1.54, 1.807) is 0 Å². The lowest BCUT2D eigenvalue weighted by Gasteiger charge is -2.12. The summed E-state index contributed by atoms with van der Waals surface area (Å²) in [5.41, 5.74) is 1.40. The Labute approximate surface area is 105 Å². The summed E-state index contributed by atoms with van der Waals surface area (Å²) in [6, 6.07) is 11.2. The Morgan fingerprint density at radius 1 is 0.833 bits per heavy atom. The van der Waals surface area contributed by atoms with Crippen LogP contribution in [0.2, 0.25) is 0 Å². The lowest BCUT2D eigenvalue weighted by Crippen LogP contribution is -2.09. The van der Waals surface area contributed by atoms with Crippen LogP contribution in [0.25, 0.3) is 10.8 Å². The molecule has 0 radical (unpaired) electrons. The fourth-order valence-electron chi connectivity index (χ4n) is 1.93. The van der Waals surface area contributed by atoms with Crippen LogP contribution in [0.4, 0.5) is 11.4 Å². The molecule has 2 N–H and O–H groups in total. The number of rotatable bonds is 2. The second-order valence-electron chi connectivity index (χ2n) is 4.07. The Kier molecular flexibility index (Phi) is 3.28. The van der Waals surface area contributed by atoms with Crippen LogP contribution in [-0.2, 0) is 9.59 Å². The smallest absolute Gasteiger partial charge is 0.221 e. The van der Waals surface area contributed by atoms with Gasteiger partial charge >= 0.3 is 0 Å². The number of amides is 2. The van der Waals surface area contributed by atoms with Crippen molar-refractivity contribution in [3.05, 3.63) is 36.4 Å². The highest BCUT2D eigenvalue weighted by molar-refractivity contribution is 6.10. The van der Waals surface area contributed by atoms with Crippen molar-refractivity contribution in [2.45, 2.75) is 13.8 Å². The minimum atomic E-state index is -0.139. The van der Waals surface area contributed by atoms with E-state index in [1.165, 1.54) is 13.8 Å². The van der Waals surface area contributed by atoms with Crippen LogP contribution in [-0.4, -0.2) is 11.8 Å². The van der Waals surface area contributed by atoms with Gasteiger partial charge < -0.3 is 10.6 Å². The van der Waals surface area contributed by atoms with Crippen LogP contribution in [0.5, 0.6) is 0 Å². The average Bonchev–Trinajstić information content (AvgIpc) is 2.27. The number of carbonyl (C=O) groups is 2. The van der Waals surface area contributed by atoms with E-state index in [-0.39, 0.29) is 11.8 Å². The van der Waals surface area contributed by atoms with E-state index in [0.29, 0.717) is 11.4 Å². The van der Waals surface area contributed by atoms with Crippen molar-refractivity contribution in [3.63, 3.8) is 0 Å². The molecule has 0 spiro atoms. The van der Waals surface area contributed by atoms with E-state index < -0.39 is 0 Å². The first-order valence-corrected chi connectivity index (χ1v) is 5.65. The van der Waals surface area contributed by atoms with E-state index in [4.69, 9.17) is 0 Å². The minimum absolute atomic E-state index is 0.139. The predicted molar refractivity (Wildman–Crippen MR) is 72.6 cm³/mol. The van der Waals surface area contributed by atoms with Gasteiger partial charge in [-0.05, 0) is 17.5 Å². The molecule has 2 rings (SSSR count). The number of benzene rings is 2. The maximum atomic E-state index is 11.2. The van der Waals surface area contributed by atoms with Gasteiger partial charge in [-0.15, -0.1) is 0 Å². The molecule has 2 aromatic rings. The van der Waals surface area contributed by atoms with Crippen molar-refractivity contribution in [2.24, 2.45) is 0 Å². The number of fused-ring (bicyclic) bond motifs is 1. The van der Waals surface area contributed by atoms with Crippen molar-refractivity contribution in [1.82, 2.24) is 0 Å². The Bertz CT molecular complexity index is 569. The highest BCUT2D eigenvalue weighted by atomic mass is 16.2. The van der Waals surface area contributed by atoms with Crippen LogP contribution in [0, 0.1) is 0 Å². The van der Waals surface area contributed by atoms with Crippen LogP contribution in [0.1, 0.15) is 13.8 Å². The number of hydrogen-bond donors (Lipinski definition) is 2. The summed E-state index contributed by atoms with van der Waals surface area (Å²) in [6.07, 6.45) is 0. The third kappa shape index (κ3) is 2.48. The van der Waals surface area contributed by atoms with Crippen molar-refractivity contribution < 1.29 is 9.59 Å². The van der Waals surface area contributed by atoms with Crippen molar-refractivity contribution in [2.75, 3.05) is 10.6 Å². The molecule has 18 heavy (non-hydrogen) atoms. The van der Waals surface area contributed by atoms with Crippen molar-refractivity contribution >= 4 is 34.0 Å².